The molecule has 48 valence electrons. The molecule has 3 heteroatoms. The molecule has 1 rings (SSSR count). The Bertz CT molecular complexity index is 200. The number of nitrogens with zero attached hydrogens (tertiary/aromatic N) is 2. The Hall–Kier alpha value is -0.630. The van der Waals surface area contributed by atoms with Crippen molar-refractivity contribution in [1.82, 2.24) is 4.98 Å². The van der Waals surface area contributed by atoms with Crippen LogP contribution in [-0.2, 0) is 6.54 Å². The molecule has 1 aromatic rings. The molecule has 0 N–H and O–H groups in total. The van der Waals surface area contributed by atoms with Gasteiger partial charge in [0.25, 0.3) is 0 Å². The van der Waals surface area contributed by atoms with Crippen LogP contribution in [0.1, 0.15) is 6.92 Å². The maximum absolute atomic E-state index is 5.59. The van der Waals surface area contributed by atoms with Crippen molar-refractivity contribution in [3.05, 3.63) is 23.7 Å². The number of aromatic nitrogens is 2. The summed E-state index contributed by atoms with van der Waals surface area (Å²) in [5.41, 5.74) is 0. The zero-order valence-corrected chi connectivity index (χ0v) is 5.97. The zero-order valence-electron chi connectivity index (χ0n) is 5.21. The van der Waals surface area contributed by atoms with E-state index in [1.165, 1.54) is 0 Å². The fourth-order valence-electron chi connectivity index (χ4n) is 0.600. The summed E-state index contributed by atoms with van der Waals surface area (Å²) < 4.78 is 1.97. The lowest BCUT2D eigenvalue weighted by atomic mass is 10.6. The van der Waals surface area contributed by atoms with Crippen LogP contribution < -0.4 is 4.57 Å². The summed E-state index contributed by atoms with van der Waals surface area (Å²) in [6.45, 7) is 2.98. The molecule has 0 aromatic carbocycles. The van der Waals surface area contributed by atoms with Crippen molar-refractivity contribution in [1.29, 1.82) is 0 Å². The molecule has 0 radical (unpaired) electrons. The van der Waals surface area contributed by atoms with Crippen molar-refractivity contribution >= 4 is 11.6 Å². The van der Waals surface area contributed by atoms with Crippen molar-refractivity contribution in [2.75, 3.05) is 0 Å². The fourth-order valence-corrected chi connectivity index (χ4v) is 0.782. The van der Waals surface area contributed by atoms with Gasteiger partial charge in [0.15, 0.2) is 11.3 Å². The van der Waals surface area contributed by atoms with E-state index >= 15 is 0 Å². The molecule has 9 heavy (non-hydrogen) atoms. The standard InChI is InChI=1S/C6H8ClN2/c1-2-9-4-3-8-6(7)5-9/h3-5H,2H2,1H3/q+1. The van der Waals surface area contributed by atoms with Crippen molar-refractivity contribution in [2.45, 2.75) is 13.5 Å². The molecule has 0 atom stereocenters. The average molecular weight is 144 g/mol. The Morgan fingerprint density at radius 2 is 2.56 bits per heavy atom. The molecule has 0 aliphatic carbocycles. The second-order valence-corrected chi connectivity index (χ2v) is 2.10. The van der Waals surface area contributed by atoms with Gasteiger partial charge in [-0.3, -0.25) is 0 Å². The van der Waals surface area contributed by atoms with E-state index in [-0.39, 0.29) is 0 Å². The van der Waals surface area contributed by atoms with E-state index in [1.54, 1.807) is 12.4 Å². The van der Waals surface area contributed by atoms with Gasteiger partial charge in [-0.25, -0.2) is 9.55 Å². The summed E-state index contributed by atoms with van der Waals surface area (Å²) in [4.78, 5) is 3.83. The smallest absolute Gasteiger partial charge is 0.206 e. The van der Waals surface area contributed by atoms with Gasteiger partial charge < -0.3 is 0 Å². The molecule has 0 bridgehead atoms. The SMILES string of the molecule is CC[n+]1ccnc(Cl)c1. The molecule has 0 saturated heterocycles. The minimum Gasteiger partial charge on any atom is -0.233 e. The fraction of sp³-hybridized carbons (Fsp3) is 0.333. The second kappa shape index (κ2) is 2.78. The Labute approximate surface area is 59.1 Å². The molecular weight excluding hydrogens is 136 g/mol. The van der Waals surface area contributed by atoms with E-state index in [4.69, 9.17) is 11.6 Å². The van der Waals surface area contributed by atoms with E-state index in [1.807, 2.05) is 10.8 Å². The summed E-state index contributed by atoms with van der Waals surface area (Å²) in [7, 11) is 0. The first-order valence-corrected chi connectivity index (χ1v) is 3.21. The lowest BCUT2D eigenvalue weighted by Gasteiger charge is -1.87. The Kier molecular flexibility index (Phi) is 2.01. The van der Waals surface area contributed by atoms with Gasteiger partial charge in [-0.15, -0.1) is 0 Å². The summed E-state index contributed by atoms with van der Waals surface area (Å²) in [5.74, 6) is 0. The van der Waals surface area contributed by atoms with Crippen LogP contribution in [0.25, 0.3) is 0 Å². The van der Waals surface area contributed by atoms with Crippen LogP contribution >= 0.6 is 11.6 Å². The topological polar surface area (TPSA) is 16.8 Å². The third-order valence-corrected chi connectivity index (χ3v) is 1.29. The highest BCUT2D eigenvalue weighted by Gasteiger charge is 1.95. The largest absolute Gasteiger partial charge is 0.233 e. The van der Waals surface area contributed by atoms with Gasteiger partial charge in [-0.05, 0) is 6.92 Å². The van der Waals surface area contributed by atoms with Crippen LogP contribution in [0.5, 0.6) is 0 Å². The molecule has 0 unspecified atom stereocenters. The number of hydrogen-bond donors (Lipinski definition) is 0. The Balaban J connectivity index is 2.94. The lowest BCUT2D eigenvalue weighted by molar-refractivity contribution is -0.694. The van der Waals surface area contributed by atoms with Gasteiger partial charge in [-0.2, -0.15) is 0 Å². The molecule has 1 aromatic heterocycles. The summed E-state index contributed by atoms with van der Waals surface area (Å²) in [5, 5.41) is 0.541. The van der Waals surface area contributed by atoms with E-state index in [2.05, 4.69) is 11.9 Å². The summed E-state index contributed by atoms with van der Waals surface area (Å²) in [6.07, 6.45) is 5.36. The highest BCUT2D eigenvalue weighted by Crippen LogP contribution is 1.94. The molecule has 0 saturated carbocycles. The third kappa shape index (κ3) is 1.64. The third-order valence-electron chi connectivity index (χ3n) is 1.09. The number of halogens is 1. The van der Waals surface area contributed by atoms with Crippen LogP contribution in [0.4, 0.5) is 0 Å². The molecule has 0 aliphatic heterocycles. The first kappa shape index (κ1) is 6.49. The van der Waals surface area contributed by atoms with Crippen LogP contribution in [0.2, 0.25) is 5.15 Å². The highest BCUT2D eigenvalue weighted by atomic mass is 35.5. The highest BCUT2D eigenvalue weighted by molar-refractivity contribution is 6.29. The minimum absolute atomic E-state index is 0.541. The van der Waals surface area contributed by atoms with Gasteiger partial charge in [0, 0.05) is 0 Å². The number of aryl methyl sites for hydroxylation is 1. The number of hydrogen-bond acceptors (Lipinski definition) is 1. The van der Waals surface area contributed by atoms with Crippen LogP contribution in [0.3, 0.4) is 0 Å². The zero-order chi connectivity index (χ0) is 6.69. The molecule has 0 aliphatic rings. The molecular formula is C6H8ClN2+. The van der Waals surface area contributed by atoms with Gasteiger partial charge in [0.1, 0.15) is 6.54 Å². The van der Waals surface area contributed by atoms with Crippen LogP contribution in [0, 0.1) is 0 Å². The summed E-state index contributed by atoms with van der Waals surface area (Å²) >= 11 is 5.59. The van der Waals surface area contributed by atoms with E-state index in [0.29, 0.717) is 5.15 Å². The van der Waals surface area contributed by atoms with E-state index in [9.17, 15) is 0 Å². The lowest BCUT2D eigenvalue weighted by Crippen LogP contribution is -2.31. The van der Waals surface area contributed by atoms with Crippen molar-refractivity contribution < 1.29 is 4.57 Å². The van der Waals surface area contributed by atoms with Crippen molar-refractivity contribution in [3.63, 3.8) is 0 Å². The van der Waals surface area contributed by atoms with Crippen LogP contribution in [0.15, 0.2) is 18.6 Å². The van der Waals surface area contributed by atoms with Gasteiger partial charge in [0.2, 0.25) is 6.20 Å². The summed E-state index contributed by atoms with van der Waals surface area (Å²) in [6, 6.07) is 0. The first-order chi connectivity index (χ1) is 4.33. The predicted octanol–water partition coefficient (Wildman–Crippen LogP) is 1.04. The van der Waals surface area contributed by atoms with Crippen LogP contribution in [-0.4, -0.2) is 4.98 Å². The maximum Gasteiger partial charge on any atom is 0.206 e. The molecule has 2 nitrogen and oxygen atoms in total. The molecule has 1 heterocycles. The predicted molar refractivity (Wildman–Crippen MR) is 35.1 cm³/mol. The van der Waals surface area contributed by atoms with E-state index in [0.717, 1.165) is 6.54 Å². The van der Waals surface area contributed by atoms with Crippen molar-refractivity contribution in [2.24, 2.45) is 0 Å². The number of rotatable bonds is 1. The van der Waals surface area contributed by atoms with Gasteiger partial charge in [0.05, 0.1) is 6.20 Å². The second-order valence-electron chi connectivity index (χ2n) is 1.71. The van der Waals surface area contributed by atoms with E-state index < -0.39 is 0 Å². The van der Waals surface area contributed by atoms with Gasteiger partial charge in [-0.1, -0.05) is 11.6 Å². The first-order valence-electron chi connectivity index (χ1n) is 2.83. The monoisotopic (exact) mass is 143 g/mol. The van der Waals surface area contributed by atoms with Crippen molar-refractivity contribution in [3.8, 4) is 0 Å². The molecule has 0 spiro atoms. The maximum atomic E-state index is 5.59. The molecule has 0 fully saturated rings. The Morgan fingerprint density at radius 3 is 3.00 bits per heavy atom. The average Bonchev–Trinajstić information content (AvgIpc) is 1.88. The normalized spacial score (nSPS) is 9.56. The molecule has 0 amide bonds. The van der Waals surface area contributed by atoms with Gasteiger partial charge >= 0.3 is 0 Å². The Morgan fingerprint density at radius 1 is 1.78 bits per heavy atom. The quantitative estimate of drug-likeness (QED) is 0.537. The minimum atomic E-state index is 0.541.